The molecule has 8 heavy (non-hydrogen) atoms. The normalized spacial score (nSPS) is 29.2. The first-order chi connectivity index (χ1) is 3.97. The largest absolute Gasteiger partial charge is 0.156 e. The summed E-state index contributed by atoms with van der Waals surface area (Å²) in [5.74, 6) is 3.65. The molecule has 2 saturated carbocycles. The van der Waals surface area contributed by atoms with E-state index in [9.17, 15) is 0 Å². The van der Waals surface area contributed by atoms with Gasteiger partial charge in [0, 0.05) is 12.8 Å². The molecule has 0 aliphatic heterocycles. The predicted octanol–water partition coefficient (Wildman–Crippen LogP) is 2.50. The second kappa shape index (κ2) is 1.68. The summed E-state index contributed by atoms with van der Waals surface area (Å²) in [7, 11) is 0. The van der Waals surface area contributed by atoms with Crippen molar-refractivity contribution in [2.75, 3.05) is 0 Å². The van der Waals surface area contributed by atoms with Crippen molar-refractivity contribution in [3.8, 4) is 0 Å². The molecule has 0 amide bonds. The molecule has 0 aromatic carbocycles. The minimum absolute atomic E-state index is 1.44. The van der Waals surface area contributed by atoms with E-state index in [0.29, 0.717) is 0 Å². The first-order valence-electron chi connectivity index (χ1n) is 3.66. The molecule has 0 aromatic heterocycles. The minimum atomic E-state index is 1.44. The van der Waals surface area contributed by atoms with Crippen molar-refractivity contribution in [1.82, 2.24) is 0 Å². The van der Waals surface area contributed by atoms with Gasteiger partial charge in [0.15, 0.2) is 5.92 Å². The van der Waals surface area contributed by atoms with Crippen LogP contribution in [-0.4, -0.2) is 0 Å². The van der Waals surface area contributed by atoms with Crippen molar-refractivity contribution in [1.29, 1.82) is 0 Å². The van der Waals surface area contributed by atoms with E-state index >= 15 is 0 Å². The Morgan fingerprint density at radius 1 is 1.00 bits per heavy atom. The first-order valence-corrected chi connectivity index (χ1v) is 3.66. The summed E-state index contributed by atoms with van der Waals surface area (Å²) in [4.78, 5) is 0. The lowest BCUT2D eigenvalue weighted by atomic mass is 10.0. The van der Waals surface area contributed by atoms with Crippen LogP contribution in [0, 0.1) is 11.8 Å². The van der Waals surface area contributed by atoms with Gasteiger partial charge >= 0.3 is 0 Å². The van der Waals surface area contributed by atoms with Gasteiger partial charge < -0.3 is 0 Å². The molecule has 0 saturated heterocycles. The van der Waals surface area contributed by atoms with Crippen LogP contribution in [0.5, 0.6) is 0 Å². The summed E-state index contributed by atoms with van der Waals surface area (Å²) >= 11 is 0. The van der Waals surface area contributed by atoms with Gasteiger partial charge in [-0.1, -0.05) is 0 Å². The van der Waals surface area contributed by atoms with E-state index in [0.717, 1.165) is 0 Å². The molecule has 0 unspecified atom stereocenters. The average Bonchev–Trinajstić information content (AvgIpc) is 2.15. The topological polar surface area (TPSA) is 0 Å². The molecule has 0 heterocycles. The highest BCUT2D eigenvalue weighted by molar-refractivity contribution is 5.24. The van der Waals surface area contributed by atoms with Crippen molar-refractivity contribution in [3.05, 3.63) is 11.8 Å². The second-order valence-electron chi connectivity index (χ2n) is 2.91. The third-order valence-corrected chi connectivity index (χ3v) is 2.41. The molecule has 0 nitrogen and oxygen atoms in total. The van der Waals surface area contributed by atoms with Crippen LogP contribution >= 0.6 is 0 Å². The van der Waals surface area contributed by atoms with Gasteiger partial charge in [0.05, 0.1) is 12.8 Å². The van der Waals surface area contributed by atoms with Gasteiger partial charge in [-0.3, -0.25) is 0 Å². The molecule has 0 aromatic rings. The van der Waals surface area contributed by atoms with Gasteiger partial charge in [-0.05, 0) is 12.8 Å². The predicted molar refractivity (Wildman–Crippen MR) is 34.2 cm³/mol. The molecule has 43 valence electrons. The molecule has 0 bridgehead atoms. The fourth-order valence-corrected chi connectivity index (χ4v) is 1.99. The molecular formula is C8H12+. The lowest BCUT2D eigenvalue weighted by Gasteiger charge is -1.90. The maximum absolute atomic E-state index is 1.82. The summed E-state index contributed by atoms with van der Waals surface area (Å²) in [6, 6.07) is 0. The Morgan fingerprint density at radius 2 is 1.62 bits per heavy atom. The van der Waals surface area contributed by atoms with E-state index in [1.54, 1.807) is 0 Å². The lowest BCUT2D eigenvalue weighted by Crippen LogP contribution is -1.90. The molecular weight excluding hydrogens is 96.1 g/mol. The van der Waals surface area contributed by atoms with E-state index in [2.05, 4.69) is 0 Å². The third-order valence-electron chi connectivity index (χ3n) is 2.41. The molecule has 2 rings (SSSR count). The van der Waals surface area contributed by atoms with E-state index in [4.69, 9.17) is 0 Å². The molecule has 0 N–H and O–H groups in total. The Labute approximate surface area is 51.3 Å². The summed E-state index contributed by atoms with van der Waals surface area (Å²) in [6.45, 7) is 0. The molecule has 0 atom stereocenters. The van der Waals surface area contributed by atoms with Crippen molar-refractivity contribution in [2.45, 2.75) is 38.5 Å². The lowest BCUT2D eigenvalue weighted by molar-refractivity contribution is 0.773. The summed E-state index contributed by atoms with van der Waals surface area (Å²) < 4.78 is 0. The van der Waals surface area contributed by atoms with Crippen LogP contribution in [0.2, 0.25) is 0 Å². The van der Waals surface area contributed by atoms with Gasteiger partial charge in [-0.25, -0.2) is 0 Å². The molecule has 1 radical (unpaired) electrons. The monoisotopic (exact) mass is 108 g/mol. The van der Waals surface area contributed by atoms with Crippen LogP contribution in [0.1, 0.15) is 38.5 Å². The zero-order chi connectivity index (χ0) is 5.40. The Balaban J connectivity index is 2.04. The maximum Gasteiger partial charge on any atom is 0.156 e. The van der Waals surface area contributed by atoms with Crippen molar-refractivity contribution in [3.63, 3.8) is 0 Å². The number of fused-ring (bicyclic) bond motifs is 1. The second-order valence-corrected chi connectivity index (χ2v) is 2.91. The van der Waals surface area contributed by atoms with Gasteiger partial charge in [0.2, 0.25) is 0 Å². The van der Waals surface area contributed by atoms with E-state index in [-0.39, 0.29) is 0 Å². The van der Waals surface area contributed by atoms with Crippen LogP contribution in [0.4, 0.5) is 0 Å². The average molecular weight is 108 g/mol. The Bertz CT molecular complexity index is 66.0. The summed E-state index contributed by atoms with van der Waals surface area (Å²) in [5.41, 5.74) is 0. The number of rotatable bonds is 0. The molecule has 0 heteroatoms. The zero-order valence-corrected chi connectivity index (χ0v) is 5.24. The molecule has 0 spiro atoms. The van der Waals surface area contributed by atoms with E-state index in [1.807, 2.05) is 11.8 Å². The molecule has 2 aliphatic rings. The minimum Gasteiger partial charge on any atom is -0.00749 e. The van der Waals surface area contributed by atoms with Crippen LogP contribution < -0.4 is 0 Å². The summed E-state index contributed by atoms with van der Waals surface area (Å²) in [5, 5.41) is 0. The smallest absolute Gasteiger partial charge is 0.00749 e. The van der Waals surface area contributed by atoms with E-state index in [1.165, 1.54) is 38.5 Å². The highest BCUT2D eigenvalue weighted by atomic mass is 14.4. The van der Waals surface area contributed by atoms with Crippen LogP contribution in [-0.2, 0) is 0 Å². The third kappa shape index (κ3) is 0.553. The fourth-order valence-electron chi connectivity index (χ4n) is 1.99. The van der Waals surface area contributed by atoms with Gasteiger partial charge in [0.25, 0.3) is 0 Å². The van der Waals surface area contributed by atoms with Crippen LogP contribution in [0.25, 0.3) is 0 Å². The zero-order valence-electron chi connectivity index (χ0n) is 5.24. The van der Waals surface area contributed by atoms with Crippen molar-refractivity contribution >= 4 is 0 Å². The maximum atomic E-state index is 1.82. The number of hydrogen-bond acceptors (Lipinski definition) is 0. The van der Waals surface area contributed by atoms with Crippen LogP contribution in [0.3, 0.4) is 0 Å². The SMILES string of the molecule is C1C[C]2CCC[C+]2C1. The van der Waals surface area contributed by atoms with Gasteiger partial charge in [-0.2, -0.15) is 0 Å². The Kier molecular flexibility index (Phi) is 0.991. The van der Waals surface area contributed by atoms with Gasteiger partial charge in [-0.15, -0.1) is 0 Å². The summed E-state index contributed by atoms with van der Waals surface area (Å²) in [6.07, 6.45) is 8.69. The molecule has 2 aliphatic carbocycles. The van der Waals surface area contributed by atoms with Gasteiger partial charge in [0.1, 0.15) is 5.92 Å². The quantitative estimate of drug-likeness (QED) is 0.418. The van der Waals surface area contributed by atoms with Crippen LogP contribution in [0.15, 0.2) is 0 Å². The first kappa shape index (κ1) is 4.72. The molecule has 2 fully saturated rings. The standard InChI is InChI=1S/C8H12/c1-3-7-5-2-6-8(7)4-1/h1-6H2/q+1. The van der Waals surface area contributed by atoms with Crippen molar-refractivity contribution < 1.29 is 0 Å². The highest BCUT2D eigenvalue weighted by Crippen LogP contribution is 2.46. The van der Waals surface area contributed by atoms with E-state index < -0.39 is 0 Å². The van der Waals surface area contributed by atoms with Crippen molar-refractivity contribution in [2.24, 2.45) is 0 Å². The Morgan fingerprint density at radius 3 is 2.12 bits per heavy atom. The fraction of sp³-hybridized carbons (Fsp3) is 0.750. The Hall–Kier alpha value is -0.130. The number of hydrogen-bond donors (Lipinski definition) is 0. The highest BCUT2D eigenvalue weighted by Gasteiger charge is 2.42.